The van der Waals surface area contributed by atoms with E-state index in [1.165, 1.54) is 5.56 Å². The first-order valence-electron chi connectivity index (χ1n) is 10.2. The van der Waals surface area contributed by atoms with Crippen LogP contribution in [0, 0.1) is 6.92 Å². The van der Waals surface area contributed by atoms with Crippen LogP contribution in [-0.4, -0.2) is 25.2 Å². The Bertz CT molecular complexity index is 1110. The van der Waals surface area contributed by atoms with Crippen LogP contribution in [0.25, 0.3) is 22.3 Å². The lowest BCUT2D eigenvalue weighted by molar-refractivity contribution is 0.311. The molecule has 4 rings (SSSR count). The third-order valence-corrected chi connectivity index (χ3v) is 5.07. The van der Waals surface area contributed by atoms with Crippen LogP contribution in [-0.2, 0) is 6.54 Å². The highest BCUT2D eigenvalue weighted by molar-refractivity contribution is 5.93. The smallest absolute Gasteiger partial charge is 0.142 e. The van der Waals surface area contributed by atoms with Crippen LogP contribution >= 0.6 is 0 Å². The van der Waals surface area contributed by atoms with Gasteiger partial charge in [-0.15, -0.1) is 0 Å². The Labute approximate surface area is 176 Å². The molecule has 5 heteroatoms. The van der Waals surface area contributed by atoms with Crippen molar-refractivity contribution in [2.24, 2.45) is 0 Å². The Morgan fingerprint density at radius 2 is 1.87 bits per heavy atom. The SMILES string of the molecule is COc1ccccc1-c1oc2cccc(OCCCNCc3cccnc3)c2c1C. The monoisotopic (exact) mass is 402 g/mol. The van der Waals surface area contributed by atoms with E-state index in [1.807, 2.05) is 54.7 Å². The van der Waals surface area contributed by atoms with Crippen LogP contribution in [0.4, 0.5) is 0 Å². The van der Waals surface area contributed by atoms with Crippen LogP contribution in [0.2, 0.25) is 0 Å². The number of furan rings is 1. The molecule has 1 N–H and O–H groups in total. The Morgan fingerprint density at radius 3 is 2.70 bits per heavy atom. The number of benzene rings is 2. The van der Waals surface area contributed by atoms with Gasteiger partial charge in [0, 0.05) is 24.5 Å². The van der Waals surface area contributed by atoms with Crippen LogP contribution < -0.4 is 14.8 Å². The number of aromatic nitrogens is 1. The molecule has 0 spiro atoms. The zero-order valence-corrected chi connectivity index (χ0v) is 17.4. The van der Waals surface area contributed by atoms with Gasteiger partial charge in [0.1, 0.15) is 22.8 Å². The molecule has 154 valence electrons. The molecule has 30 heavy (non-hydrogen) atoms. The molecule has 0 aliphatic rings. The quantitative estimate of drug-likeness (QED) is 0.381. The lowest BCUT2D eigenvalue weighted by atomic mass is 10.1. The summed E-state index contributed by atoms with van der Waals surface area (Å²) < 4.78 is 17.8. The molecule has 2 heterocycles. The Hall–Kier alpha value is -3.31. The number of nitrogens with one attached hydrogen (secondary N) is 1. The molecule has 0 unspecified atom stereocenters. The average Bonchev–Trinajstić information content (AvgIpc) is 3.14. The molecule has 0 saturated heterocycles. The van der Waals surface area contributed by atoms with Gasteiger partial charge in [0.05, 0.1) is 24.7 Å². The minimum atomic E-state index is 0.633. The average molecular weight is 402 g/mol. The number of para-hydroxylation sites is 1. The topological polar surface area (TPSA) is 56.5 Å². The maximum atomic E-state index is 6.18. The number of nitrogens with zero attached hydrogens (tertiary/aromatic N) is 1. The van der Waals surface area contributed by atoms with Gasteiger partial charge in [-0.3, -0.25) is 4.98 Å². The lowest BCUT2D eigenvalue weighted by Crippen LogP contribution is -2.17. The van der Waals surface area contributed by atoms with Crippen LogP contribution in [0.15, 0.2) is 71.4 Å². The van der Waals surface area contributed by atoms with Gasteiger partial charge in [0.2, 0.25) is 0 Å². The van der Waals surface area contributed by atoms with Crippen molar-refractivity contribution in [2.45, 2.75) is 19.9 Å². The molecule has 0 aliphatic carbocycles. The number of pyridine rings is 1. The molecule has 0 fully saturated rings. The fourth-order valence-electron chi connectivity index (χ4n) is 3.59. The summed E-state index contributed by atoms with van der Waals surface area (Å²) in [7, 11) is 1.67. The van der Waals surface area contributed by atoms with Gasteiger partial charge in [-0.25, -0.2) is 0 Å². The molecule has 0 saturated carbocycles. The highest BCUT2D eigenvalue weighted by Crippen LogP contribution is 2.40. The first kappa shape index (κ1) is 20.0. The molecule has 2 aromatic carbocycles. The van der Waals surface area contributed by atoms with Crippen molar-refractivity contribution in [3.63, 3.8) is 0 Å². The fraction of sp³-hybridized carbons (Fsp3) is 0.240. The fourth-order valence-corrected chi connectivity index (χ4v) is 3.59. The van der Waals surface area contributed by atoms with E-state index in [-0.39, 0.29) is 0 Å². The van der Waals surface area contributed by atoms with Gasteiger partial charge >= 0.3 is 0 Å². The van der Waals surface area contributed by atoms with Crippen molar-refractivity contribution < 1.29 is 13.9 Å². The molecular weight excluding hydrogens is 376 g/mol. The molecular formula is C25H26N2O3. The molecule has 0 amide bonds. The number of rotatable bonds is 9. The highest BCUT2D eigenvalue weighted by atomic mass is 16.5. The minimum absolute atomic E-state index is 0.633. The van der Waals surface area contributed by atoms with E-state index < -0.39 is 0 Å². The third-order valence-electron chi connectivity index (χ3n) is 5.07. The first-order valence-corrected chi connectivity index (χ1v) is 10.2. The normalized spacial score (nSPS) is 11.0. The van der Waals surface area contributed by atoms with Crippen molar-refractivity contribution in [2.75, 3.05) is 20.3 Å². The molecule has 0 radical (unpaired) electrons. The summed E-state index contributed by atoms with van der Waals surface area (Å²) in [5, 5.41) is 4.44. The maximum Gasteiger partial charge on any atom is 0.142 e. The molecule has 0 atom stereocenters. The Balaban J connectivity index is 1.43. The van der Waals surface area contributed by atoms with Gasteiger partial charge in [-0.2, -0.15) is 0 Å². The maximum absolute atomic E-state index is 6.18. The number of methoxy groups -OCH3 is 1. The zero-order valence-electron chi connectivity index (χ0n) is 17.4. The van der Waals surface area contributed by atoms with Crippen molar-refractivity contribution in [3.05, 3.63) is 78.1 Å². The van der Waals surface area contributed by atoms with E-state index in [9.17, 15) is 0 Å². The van der Waals surface area contributed by atoms with E-state index in [0.29, 0.717) is 6.61 Å². The summed E-state index contributed by atoms with van der Waals surface area (Å²) in [5.74, 6) is 2.46. The third kappa shape index (κ3) is 4.31. The predicted molar refractivity (Wildman–Crippen MR) is 119 cm³/mol. The van der Waals surface area contributed by atoms with Crippen molar-refractivity contribution in [3.8, 4) is 22.8 Å². The number of hydrogen-bond acceptors (Lipinski definition) is 5. The molecule has 4 aromatic rings. The van der Waals surface area contributed by atoms with Crippen LogP contribution in [0.5, 0.6) is 11.5 Å². The predicted octanol–water partition coefficient (Wildman–Crippen LogP) is 5.37. The highest BCUT2D eigenvalue weighted by Gasteiger charge is 2.18. The van der Waals surface area contributed by atoms with E-state index in [2.05, 4.69) is 23.3 Å². The zero-order chi connectivity index (χ0) is 20.8. The minimum Gasteiger partial charge on any atom is -0.496 e. The largest absolute Gasteiger partial charge is 0.496 e. The summed E-state index contributed by atoms with van der Waals surface area (Å²) in [6.45, 7) is 4.39. The van der Waals surface area contributed by atoms with Gasteiger partial charge in [0.15, 0.2) is 0 Å². The van der Waals surface area contributed by atoms with Crippen LogP contribution in [0.1, 0.15) is 17.5 Å². The molecule has 0 aliphatic heterocycles. The summed E-state index contributed by atoms with van der Waals surface area (Å²) in [5.41, 5.74) is 4.00. The summed E-state index contributed by atoms with van der Waals surface area (Å²) >= 11 is 0. The number of ether oxygens (including phenoxy) is 2. The number of aryl methyl sites for hydroxylation is 1. The van der Waals surface area contributed by atoms with Gasteiger partial charge in [-0.05, 0) is 55.8 Å². The molecule has 2 aromatic heterocycles. The van der Waals surface area contributed by atoms with Crippen LogP contribution in [0.3, 0.4) is 0 Å². The Morgan fingerprint density at radius 1 is 1.00 bits per heavy atom. The summed E-state index contributed by atoms with van der Waals surface area (Å²) in [6, 6.07) is 17.9. The van der Waals surface area contributed by atoms with Gasteiger partial charge in [-0.1, -0.05) is 24.3 Å². The second-order valence-corrected chi connectivity index (χ2v) is 7.13. The van der Waals surface area contributed by atoms with E-state index >= 15 is 0 Å². The van der Waals surface area contributed by atoms with Crippen molar-refractivity contribution in [1.82, 2.24) is 10.3 Å². The van der Waals surface area contributed by atoms with E-state index in [1.54, 1.807) is 13.3 Å². The summed E-state index contributed by atoms with van der Waals surface area (Å²) in [4.78, 5) is 4.13. The second kappa shape index (κ2) is 9.46. The lowest BCUT2D eigenvalue weighted by Gasteiger charge is -2.09. The molecule has 5 nitrogen and oxygen atoms in total. The van der Waals surface area contributed by atoms with Crippen molar-refractivity contribution in [1.29, 1.82) is 0 Å². The van der Waals surface area contributed by atoms with Crippen molar-refractivity contribution >= 4 is 11.0 Å². The van der Waals surface area contributed by atoms with E-state index in [4.69, 9.17) is 13.9 Å². The summed E-state index contributed by atoms with van der Waals surface area (Å²) in [6.07, 6.45) is 4.58. The van der Waals surface area contributed by atoms with E-state index in [0.717, 1.165) is 58.9 Å². The van der Waals surface area contributed by atoms with Gasteiger partial charge < -0.3 is 19.2 Å². The standard InChI is InChI=1S/C25H26N2O3/c1-18-24-22(29-15-7-14-27-17-19-8-6-13-26-16-19)11-5-12-23(24)30-25(18)20-9-3-4-10-21(20)28-2/h3-6,8-13,16,27H,7,14-15,17H2,1-2H3. The van der Waals surface area contributed by atoms with Gasteiger partial charge in [0.25, 0.3) is 0 Å². The molecule has 0 bridgehead atoms. The second-order valence-electron chi connectivity index (χ2n) is 7.13. The number of fused-ring (bicyclic) bond motifs is 1. The Kier molecular flexibility index (Phi) is 6.30. The number of hydrogen-bond donors (Lipinski definition) is 1. The first-order chi connectivity index (χ1) is 14.8.